The molecule has 4 aliphatic rings. The number of nitrogens with zero attached hydrogens (tertiary/aromatic N) is 6. The van der Waals surface area contributed by atoms with Crippen molar-refractivity contribution in [2.24, 2.45) is 23.7 Å². The molecule has 0 atom stereocenters. The SMILES string of the molecule is CCc1nn2c(I)cccc2c1N(CC1CCOCC1)CC1CC1.CCc1nn2c(I)cccc2c1N(CC1CCOCC1)CC1CC1.Cl. The predicted octanol–water partition coefficient (Wildman–Crippen LogP) is 8.71. The third kappa shape index (κ3) is 9.18. The summed E-state index contributed by atoms with van der Waals surface area (Å²) in [5, 5.41) is 9.83. The first-order chi connectivity index (χ1) is 23.5. The number of halogens is 3. The fourth-order valence-corrected chi connectivity index (χ4v) is 8.68. The summed E-state index contributed by atoms with van der Waals surface area (Å²) in [7, 11) is 0. The number of fused-ring (bicyclic) bond motifs is 2. The van der Waals surface area contributed by atoms with E-state index < -0.39 is 0 Å². The van der Waals surface area contributed by atoms with Crippen LogP contribution < -0.4 is 9.80 Å². The van der Waals surface area contributed by atoms with Crippen LogP contribution in [0, 0.1) is 31.1 Å². The molecule has 8 nitrogen and oxygen atoms in total. The zero-order valence-electron chi connectivity index (χ0n) is 29.2. The second-order valence-corrected chi connectivity index (χ2v) is 16.6. The summed E-state index contributed by atoms with van der Waals surface area (Å²) >= 11 is 4.77. The van der Waals surface area contributed by atoms with Crippen LogP contribution in [-0.4, -0.2) is 71.8 Å². The normalized spacial score (nSPS) is 18.7. The maximum absolute atomic E-state index is 5.56. The zero-order chi connectivity index (χ0) is 33.0. The van der Waals surface area contributed by atoms with Crippen molar-refractivity contribution < 1.29 is 9.47 Å². The summed E-state index contributed by atoms with van der Waals surface area (Å²) in [4.78, 5) is 5.32. The van der Waals surface area contributed by atoms with Crippen molar-refractivity contribution in [2.75, 3.05) is 62.4 Å². The van der Waals surface area contributed by atoms with E-state index >= 15 is 0 Å². The fourth-order valence-electron chi connectivity index (χ4n) is 7.53. The minimum absolute atomic E-state index is 0. The summed E-state index contributed by atoms with van der Waals surface area (Å²) in [5.74, 6) is 3.26. The first kappa shape index (κ1) is 37.4. The van der Waals surface area contributed by atoms with Crippen molar-refractivity contribution in [1.29, 1.82) is 0 Å². The first-order valence-electron chi connectivity index (χ1n) is 18.5. The van der Waals surface area contributed by atoms with E-state index in [1.165, 1.54) is 106 Å². The van der Waals surface area contributed by atoms with E-state index in [1.54, 1.807) is 0 Å². The standard InChI is InChI=1S/2C19H26IN3O.ClH/c2*1-2-16-19(17-4-3-5-18(20)23(17)21-16)22(12-14-6-7-14)13-15-8-10-24-11-9-15;/h2*3-5,14-15H,2,6-13H2,1H3;1H. The average molecular weight is 915 g/mol. The van der Waals surface area contributed by atoms with Gasteiger partial charge in [-0.15, -0.1) is 12.4 Å². The molecule has 49 heavy (non-hydrogen) atoms. The fraction of sp³-hybridized carbons (Fsp3) is 0.632. The lowest BCUT2D eigenvalue weighted by molar-refractivity contribution is 0.0680. The molecule has 0 bridgehead atoms. The van der Waals surface area contributed by atoms with Crippen LogP contribution in [0.4, 0.5) is 11.4 Å². The van der Waals surface area contributed by atoms with Gasteiger partial charge in [0.1, 0.15) is 7.40 Å². The van der Waals surface area contributed by atoms with Gasteiger partial charge < -0.3 is 19.3 Å². The smallest absolute Gasteiger partial charge is 0.103 e. The predicted molar refractivity (Wildman–Crippen MR) is 219 cm³/mol. The third-order valence-electron chi connectivity index (χ3n) is 10.6. The van der Waals surface area contributed by atoms with Crippen LogP contribution in [0.1, 0.15) is 76.6 Å². The van der Waals surface area contributed by atoms with Crippen molar-refractivity contribution >= 4 is 80.0 Å². The number of pyridine rings is 2. The van der Waals surface area contributed by atoms with Crippen LogP contribution in [0.3, 0.4) is 0 Å². The van der Waals surface area contributed by atoms with E-state index in [1.807, 2.05) is 0 Å². The molecule has 0 amide bonds. The molecule has 11 heteroatoms. The molecule has 0 unspecified atom stereocenters. The van der Waals surface area contributed by atoms with Crippen LogP contribution >= 0.6 is 57.6 Å². The quantitative estimate of drug-likeness (QED) is 0.105. The molecule has 268 valence electrons. The summed E-state index contributed by atoms with van der Waals surface area (Å²) in [6, 6.07) is 13.0. The highest BCUT2D eigenvalue weighted by Gasteiger charge is 2.31. The van der Waals surface area contributed by atoms with Crippen LogP contribution in [0.15, 0.2) is 36.4 Å². The van der Waals surface area contributed by atoms with E-state index in [2.05, 4.69) is 114 Å². The van der Waals surface area contributed by atoms with Crippen LogP contribution in [0.5, 0.6) is 0 Å². The molecule has 4 aromatic rings. The molecule has 4 fully saturated rings. The van der Waals surface area contributed by atoms with Gasteiger partial charge in [-0.05, 0) is 157 Å². The average Bonchev–Trinajstić information content (AvgIpc) is 4.04. The number of aromatic nitrogens is 4. The lowest BCUT2D eigenvalue weighted by Gasteiger charge is -2.31. The minimum Gasteiger partial charge on any atom is -0.381 e. The van der Waals surface area contributed by atoms with Crippen LogP contribution in [0.2, 0.25) is 0 Å². The van der Waals surface area contributed by atoms with Gasteiger partial charge in [-0.3, -0.25) is 0 Å². The van der Waals surface area contributed by atoms with Gasteiger partial charge >= 0.3 is 0 Å². The van der Waals surface area contributed by atoms with Crippen molar-refractivity contribution in [3.63, 3.8) is 0 Å². The Morgan fingerprint density at radius 2 is 0.939 bits per heavy atom. The summed E-state index contributed by atoms with van der Waals surface area (Å²) in [5.41, 5.74) is 7.79. The van der Waals surface area contributed by atoms with E-state index in [-0.39, 0.29) is 12.4 Å². The summed E-state index contributed by atoms with van der Waals surface area (Å²) < 4.78 is 17.7. The maximum atomic E-state index is 5.56. The Morgan fingerprint density at radius 1 is 0.592 bits per heavy atom. The number of hydrogen-bond acceptors (Lipinski definition) is 6. The van der Waals surface area contributed by atoms with Gasteiger partial charge in [0.2, 0.25) is 0 Å². The Morgan fingerprint density at radius 3 is 1.27 bits per heavy atom. The topological polar surface area (TPSA) is 59.5 Å². The number of rotatable bonds is 12. The van der Waals surface area contributed by atoms with Gasteiger partial charge in [-0.25, -0.2) is 9.03 Å². The van der Waals surface area contributed by atoms with Crippen molar-refractivity contribution in [1.82, 2.24) is 19.2 Å². The van der Waals surface area contributed by atoms with Crippen LogP contribution in [-0.2, 0) is 22.3 Å². The van der Waals surface area contributed by atoms with Gasteiger partial charge in [0.25, 0.3) is 0 Å². The van der Waals surface area contributed by atoms with Crippen molar-refractivity contribution in [2.45, 2.75) is 78.1 Å². The number of ether oxygens (including phenoxy) is 2. The zero-order valence-corrected chi connectivity index (χ0v) is 34.3. The molecule has 8 rings (SSSR count). The molecule has 2 saturated carbocycles. The van der Waals surface area contributed by atoms with E-state index in [0.29, 0.717) is 0 Å². The first-order valence-corrected chi connectivity index (χ1v) is 20.7. The minimum atomic E-state index is 0. The molecule has 6 heterocycles. The molecule has 0 N–H and O–H groups in total. The lowest BCUT2D eigenvalue weighted by Crippen LogP contribution is -2.34. The summed E-state index contributed by atoms with van der Waals surface area (Å²) in [6.07, 6.45) is 12.3. The van der Waals surface area contributed by atoms with Crippen molar-refractivity contribution in [3.05, 3.63) is 55.2 Å². The Hall–Kier alpha value is -1.35. The highest BCUT2D eigenvalue weighted by Crippen LogP contribution is 2.37. The number of hydrogen-bond donors (Lipinski definition) is 0. The van der Waals surface area contributed by atoms with E-state index in [9.17, 15) is 0 Å². The van der Waals surface area contributed by atoms with Gasteiger partial charge in [0.15, 0.2) is 0 Å². The van der Waals surface area contributed by atoms with Gasteiger partial charge in [0.05, 0.1) is 33.8 Å². The number of aryl methyl sites for hydroxylation is 2. The largest absolute Gasteiger partial charge is 0.381 e. The lowest BCUT2D eigenvalue weighted by atomic mass is 9.99. The molecular weight excluding hydrogens is 862 g/mol. The molecular formula is C38H53ClI2N6O2. The van der Waals surface area contributed by atoms with Gasteiger partial charge in [-0.1, -0.05) is 26.0 Å². The highest BCUT2D eigenvalue weighted by molar-refractivity contribution is 14.1. The Bertz CT molecular complexity index is 1540. The Kier molecular flexibility index (Phi) is 13.3. The van der Waals surface area contributed by atoms with Gasteiger partial charge in [0, 0.05) is 52.6 Å². The maximum Gasteiger partial charge on any atom is 0.103 e. The van der Waals surface area contributed by atoms with Crippen LogP contribution in [0.25, 0.3) is 11.0 Å². The monoisotopic (exact) mass is 914 g/mol. The molecule has 2 aliphatic carbocycles. The molecule has 2 aliphatic heterocycles. The molecule has 0 radical (unpaired) electrons. The van der Waals surface area contributed by atoms with E-state index in [4.69, 9.17) is 19.7 Å². The van der Waals surface area contributed by atoms with Crippen molar-refractivity contribution in [3.8, 4) is 0 Å². The van der Waals surface area contributed by atoms with Gasteiger partial charge in [-0.2, -0.15) is 10.2 Å². The number of anilines is 2. The second kappa shape index (κ2) is 17.4. The van der Waals surface area contributed by atoms with E-state index in [0.717, 1.165) is 76.0 Å². The molecule has 0 aromatic carbocycles. The molecule has 0 spiro atoms. The molecule has 4 aromatic heterocycles. The Labute approximate surface area is 325 Å². The molecule has 2 saturated heterocycles. The third-order valence-corrected chi connectivity index (χ3v) is 12.2. The summed E-state index contributed by atoms with van der Waals surface area (Å²) in [6.45, 7) is 12.8. The second-order valence-electron chi connectivity index (χ2n) is 14.4. The highest BCUT2D eigenvalue weighted by atomic mass is 127. The Balaban J connectivity index is 0.000000167.